The molecule has 0 aliphatic rings. The van der Waals surface area contributed by atoms with E-state index < -0.39 is 31.2 Å². The summed E-state index contributed by atoms with van der Waals surface area (Å²) in [5.41, 5.74) is -1.31. The Morgan fingerprint density at radius 1 is 1.06 bits per heavy atom. The van der Waals surface area contributed by atoms with Gasteiger partial charge in [-0.3, -0.25) is 4.79 Å². The fourth-order valence-corrected chi connectivity index (χ4v) is 1.00. The normalized spacial score (nSPS) is 12.6. The van der Waals surface area contributed by atoms with Crippen LogP contribution < -0.4 is 0 Å². The van der Waals surface area contributed by atoms with Crippen molar-refractivity contribution in [3.63, 3.8) is 0 Å². The van der Waals surface area contributed by atoms with E-state index in [0.29, 0.717) is 0 Å². The van der Waals surface area contributed by atoms with E-state index in [1.54, 1.807) is 0 Å². The molecule has 0 saturated heterocycles. The molecule has 0 atom stereocenters. The topological polar surface area (TPSA) is 87.0 Å². The van der Waals surface area contributed by atoms with Gasteiger partial charge >= 0.3 is 5.97 Å². The standard InChI is InChI=1S/C11H22O5/c1-10(2,3)4-9(15)16-8-11(5-12,6-13)7-14/h12-14H,4-8H2,1-3H3. The molecule has 96 valence electrons. The summed E-state index contributed by atoms with van der Waals surface area (Å²) in [5.74, 6) is -0.396. The van der Waals surface area contributed by atoms with Crippen molar-refractivity contribution < 1.29 is 24.9 Å². The van der Waals surface area contributed by atoms with Gasteiger partial charge in [-0.05, 0) is 5.41 Å². The molecule has 5 heteroatoms. The van der Waals surface area contributed by atoms with E-state index in [2.05, 4.69) is 0 Å². The number of rotatable bonds is 6. The molecule has 0 aromatic heterocycles. The molecule has 0 saturated carbocycles. The van der Waals surface area contributed by atoms with Gasteiger partial charge in [-0.25, -0.2) is 0 Å². The van der Waals surface area contributed by atoms with Gasteiger partial charge in [-0.2, -0.15) is 0 Å². The van der Waals surface area contributed by atoms with Crippen molar-refractivity contribution in [3.05, 3.63) is 0 Å². The molecule has 0 bridgehead atoms. The van der Waals surface area contributed by atoms with Gasteiger partial charge in [0, 0.05) is 0 Å². The first-order valence-corrected chi connectivity index (χ1v) is 5.27. The van der Waals surface area contributed by atoms with Crippen molar-refractivity contribution in [1.82, 2.24) is 0 Å². The zero-order valence-electron chi connectivity index (χ0n) is 10.2. The molecule has 0 aliphatic carbocycles. The summed E-state index contributed by atoms with van der Waals surface area (Å²) >= 11 is 0. The van der Waals surface area contributed by atoms with Crippen LogP contribution in [0.1, 0.15) is 27.2 Å². The van der Waals surface area contributed by atoms with Gasteiger partial charge in [-0.15, -0.1) is 0 Å². The summed E-state index contributed by atoms with van der Waals surface area (Å²) in [6.07, 6.45) is 0.255. The van der Waals surface area contributed by atoms with E-state index >= 15 is 0 Å². The Morgan fingerprint density at radius 2 is 1.50 bits per heavy atom. The first-order chi connectivity index (χ1) is 7.28. The van der Waals surface area contributed by atoms with Gasteiger partial charge in [0.05, 0.1) is 31.7 Å². The van der Waals surface area contributed by atoms with Crippen LogP contribution in [0.25, 0.3) is 0 Å². The summed E-state index contributed by atoms with van der Waals surface area (Å²) in [5, 5.41) is 27.0. The lowest BCUT2D eigenvalue weighted by molar-refractivity contribution is -0.153. The molecule has 3 N–H and O–H groups in total. The van der Waals surface area contributed by atoms with Crippen LogP contribution in [0.2, 0.25) is 0 Å². The average Bonchev–Trinajstić information content (AvgIpc) is 2.18. The molecular weight excluding hydrogens is 212 g/mol. The van der Waals surface area contributed by atoms with E-state index in [9.17, 15) is 4.79 Å². The first kappa shape index (κ1) is 15.3. The number of hydrogen-bond donors (Lipinski definition) is 3. The number of carbonyl (C=O) groups excluding carboxylic acids is 1. The molecule has 0 aromatic rings. The highest BCUT2D eigenvalue weighted by Crippen LogP contribution is 2.21. The third kappa shape index (κ3) is 5.44. The number of ether oxygens (including phenoxy) is 1. The van der Waals surface area contributed by atoms with Crippen molar-refractivity contribution in [1.29, 1.82) is 0 Å². The molecule has 0 aliphatic heterocycles. The highest BCUT2D eigenvalue weighted by atomic mass is 16.5. The van der Waals surface area contributed by atoms with Gasteiger partial charge in [0.2, 0.25) is 0 Å². The van der Waals surface area contributed by atoms with Crippen LogP contribution in [0, 0.1) is 10.8 Å². The van der Waals surface area contributed by atoms with Crippen molar-refractivity contribution in [3.8, 4) is 0 Å². The molecule has 0 unspecified atom stereocenters. The minimum absolute atomic E-state index is 0.169. The molecule has 0 aromatic carbocycles. The Hall–Kier alpha value is -0.650. The van der Waals surface area contributed by atoms with Crippen molar-refractivity contribution in [2.45, 2.75) is 27.2 Å². The molecule has 5 nitrogen and oxygen atoms in total. The Bertz CT molecular complexity index is 207. The second-order valence-electron chi connectivity index (χ2n) is 5.37. The largest absolute Gasteiger partial charge is 0.465 e. The van der Waals surface area contributed by atoms with Crippen LogP contribution in [0.4, 0.5) is 0 Å². The second kappa shape index (κ2) is 6.18. The number of aliphatic hydroxyl groups excluding tert-OH is 3. The van der Waals surface area contributed by atoms with Gasteiger partial charge in [0.1, 0.15) is 6.61 Å². The Balaban J connectivity index is 4.17. The minimum Gasteiger partial charge on any atom is -0.465 e. The van der Waals surface area contributed by atoms with Crippen LogP contribution in [-0.2, 0) is 9.53 Å². The lowest BCUT2D eigenvalue weighted by Gasteiger charge is -2.27. The average molecular weight is 234 g/mol. The van der Waals surface area contributed by atoms with E-state index in [4.69, 9.17) is 20.1 Å². The molecule has 0 amide bonds. The predicted molar refractivity (Wildman–Crippen MR) is 58.7 cm³/mol. The van der Waals surface area contributed by atoms with Crippen molar-refractivity contribution >= 4 is 5.97 Å². The minimum atomic E-state index is -1.15. The predicted octanol–water partition coefficient (Wildman–Crippen LogP) is -0.0709. The van der Waals surface area contributed by atoms with Crippen LogP contribution in [0.3, 0.4) is 0 Å². The fourth-order valence-electron chi connectivity index (χ4n) is 1.00. The van der Waals surface area contributed by atoms with Crippen LogP contribution in [0.5, 0.6) is 0 Å². The SMILES string of the molecule is CC(C)(C)CC(=O)OCC(CO)(CO)CO. The van der Waals surface area contributed by atoms with Crippen molar-refractivity contribution in [2.24, 2.45) is 10.8 Å². The Labute approximate surface area is 96.0 Å². The molecule has 0 rings (SSSR count). The van der Waals surface area contributed by atoms with Gasteiger partial charge in [-0.1, -0.05) is 20.8 Å². The lowest BCUT2D eigenvalue weighted by atomic mass is 9.91. The molecular formula is C11H22O5. The summed E-state index contributed by atoms with van der Waals surface area (Å²) in [7, 11) is 0. The fraction of sp³-hybridized carbons (Fsp3) is 0.909. The quantitative estimate of drug-likeness (QED) is 0.560. The zero-order chi connectivity index (χ0) is 12.8. The van der Waals surface area contributed by atoms with Crippen LogP contribution in [-0.4, -0.2) is 47.7 Å². The van der Waals surface area contributed by atoms with Crippen molar-refractivity contribution in [2.75, 3.05) is 26.4 Å². The monoisotopic (exact) mass is 234 g/mol. The third-order valence-electron chi connectivity index (χ3n) is 2.22. The highest BCUT2D eigenvalue weighted by Gasteiger charge is 2.30. The van der Waals surface area contributed by atoms with E-state index in [1.807, 2.05) is 20.8 Å². The molecule has 0 fully saturated rings. The van der Waals surface area contributed by atoms with E-state index in [1.165, 1.54) is 0 Å². The number of hydrogen-bond acceptors (Lipinski definition) is 5. The highest BCUT2D eigenvalue weighted by molar-refractivity contribution is 5.70. The molecule has 0 spiro atoms. The van der Waals surface area contributed by atoms with E-state index in [0.717, 1.165) is 0 Å². The lowest BCUT2D eigenvalue weighted by Crippen LogP contribution is -2.39. The molecule has 16 heavy (non-hydrogen) atoms. The van der Waals surface area contributed by atoms with Crippen LogP contribution >= 0.6 is 0 Å². The summed E-state index contributed by atoms with van der Waals surface area (Å²) in [6, 6.07) is 0. The Kier molecular flexibility index (Phi) is 5.92. The van der Waals surface area contributed by atoms with Gasteiger partial charge < -0.3 is 20.1 Å². The maximum atomic E-state index is 11.4. The summed E-state index contributed by atoms with van der Waals surface area (Å²) in [6.45, 7) is 4.27. The maximum Gasteiger partial charge on any atom is 0.306 e. The molecule has 0 heterocycles. The zero-order valence-corrected chi connectivity index (χ0v) is 10.2. The van der Waals surface area contributed by atoms with E-state index in [-0.39, 0.29) is 18.4 Å². The Morgan fingerprint density at radius 3 is 1.81 bits per heavy atom. The number of aliphatic hydroxyl groups is 3. The van der Waals surface area contributed by atoms with Gasteiger partial charge in [0.15, 0.2) is 0 Å². The summed E-state index contributed by atoms with van der Waals surface area (Å²) in [4.78, 5) is 11.4. The maximum absolute atomic E-state index is 11.4. The first-order valence-electron chi connectivity index (χ1n) is 5.27. The third-order valence-corrected chi connectivity index (χ3v) is 2.22. The smallest absolute Gasteiger partial charge is 0.306 e. The number of esters is 1. The molecule has 0 radical (unpaired) electrons. The number of carbonyl (C=O) groups is 1. The van der Waals surface area contributed by atoms with Crippen LogP contribution in [0.15, 0.2) is 0 Å². The summed E-state index contributed by atoms with van der Waals surface area (Å²) < 4.78 is 4.94. The second-order valence-corrected chi connectivity index (χ2v) is 5.37. The van der Waals surface area contributed by atoms with Gasteiger partial charge in [0.25, 0.3) is 0 Å².